The molecule has 0 spiro atoms. The van der Waals surface area contributed by atoms with Crippen LogP contribution in [0.1, 0.15) is 43.5 Å². The van der Waals surface area contributed by atoms with Crippen LogP contribution in [0.15, 0.2) is 54.1 Å². The summed E-state index contributed by atoms with van der Waals surface area (Å²) >= 11 is 0. The normalized spacial score (nSPS) is 17.9. The summed E-state index contributed by atoms with van der Waals surface area (Å²) in [6.45, 7) is 11.6. The van der Waals surface area contributed by atoms with Crippen LogP contribution in [0.5, 0.6) is 5.75 Å². The van der Waals surface area contributed by atoms with Gasteiger partial charge in [0.15, 0.2) is 0 Å². The Bertz CT molecular complexity index is 976. The molecule has 1 aliphatic rings. The molecule has 0 aliphatic carbocycles. The second-order valence-electron chi connectivity index (χ2n) is 8.05. The number of nitrogens with zero attached hydrogens (tertiary/aromatic N) is 1. The molecular weight excluding hydrogens is 404 g/mol. The van der Waals surface area contributed by atoms with E-state index in [2.05, 4.69) is 13.8 Å². The molecule has 1 heterocycles. The van der Waals surface area contributed by atoms with Crippen LogP contribution in [-0.4, -0.2) is 49.4 Å². The van der Waals surface area contributed by atoms with E-state index in [-0.39, 0.29) is 11.3 Å². The molecular formula is C26H32N2O4. The molecule has 1 fully saturated rings. The van der Waals surface area contributed by atoms with E-state index in [1.165, 1.54) is 4.90 Å². The maximum absolute atomic E-state index is 13.4. The second kappa shape index (κ2) is 10.5. The van der Waals surface area contributed by atoms with Crippen molar-refractivity contribution in [3.05, 3.63) is 70.8 Å². The second-order valence-corrected chi connectivity index (χ2v) is 8.05. The van der Waals surface area contributed by atoms with Crippen LogP contribution in [0, 0.1) is 6.92 Å². The lowest BCUT2D eigenvalue weighted by Crippen LogP contribution is -3.12. The SMILES string of the molecule is CCOc1ccc(C2/C(=C(\[O-])c3ccc(C)cc3)C(=O)C(=O)N2CC[NH+](CC)CC)cc1. The smallest absolute Gasteiger partial charge is 0.295 e. The molecule has 3 rings (SSSR count). The number of nitrogens with one attached hydrogen (secondary N) is 1. The highest BCUT2D eigenvalue weighted by atomic mass is 16.5. The van der Waals surface area contributed by atoms with Gasteiger partial charge in [0.1, 0.15) is 5.75 Å². The molecule has 1 aliphatic heterocycles. The van der Waals surface area contributed by atoms with E-state index in [1.807, 2.05) is 50.2 Å². The van der Waals surface area contributed by atoms with Crippen molar-refractivity contribution in [1.29, 1.82) is 0 Å². The highest BCUT2D eigenvalue weighted by Crippen LogP contribution is 2.38. The molecule has 1 amide bonds. The van der Waals surface area contributed by atoms with Gasteiger partial charge in [-0.2, -0.15) is 0 Å². The summed E-state index contributed by atoms with van der Waals surface area (Å²) in [6.07, 6.45) is 0. The number of Topliss-reactive ketones (excluding diaryl/α,β-unsaturated/α-hetero) is 1. The van der Waals surface area contributed by atoms with Crippen LogP contribution >= 0.6 is 0 Å². The number of likely N-dealkylation sites (tertiary alicyclic amines) is 1. The molecule has 1 atom stereocenters. The summed E-state index contributed by atoms with van der Waals surface area (Å²) in [7, 11) is 0. The Morgan fingerprint density at radius 2 is 1.62 bits per heavy atom. The minimum Gasteiger partial charge on any atom is -0.872 e. The van der Waals surface area contributed by atoms with Gasteiger partial charge in [-0.15, -0.1) is 0 Å². The fourth-order valence-electron chi connectivity index (χ4n) is 4.10. The van der Waals surface area contributed by atoms with Gasteiger partial charge < -0.3 is 19.6 Å². The summed E-state index contributed by atoms with van der Waals surface area (Å²) in [6, 6.07) is 13.7. The van der Waals surface area contributed by atoms with E-state index in [1.54, 1.807) is 17.0 Å². The zero-order valence-corrected chi connectivity index (χ0v) is 19.3. The lowest BCUT2D eigenvalue weighted by Gasteiger charge is -2.28. The van der Waals surface area contributed by atoms with Crippen molar-refractivity contribution in [3.63, 3.8) is 0 Å². The Kier molecular flexibility index (Phi) is 7.70. The first-order valence-corrected chi connectivity index (χ1v) is 11.3. The number of ether oxygens (including phenoxy) is 1. The summed E-state index contributed by atoms with van der Waals surface area (Å²) in [5, 5.41) is 13.4. The van der Waals surface area contributed by atoms with Crippen LogP contribution in [0.2, 0.25) is 0 Å². The van der Waals surface area contributed by atoms with Crippen molar-refractivity contribution in [2.24, 2.45) is 0 Å². The van der Waals surface area contributed by atoms with E-state index in [0.717, 1.165) is 24.2 Å². The number of ketones is 1. The van der Waals surface area contributed by atoms with Gasteiger partial charge in [0.2, 0.25) is 5.78 Å². The minimum atomic E-state index is -0.705. The van der Waals surface area contributed by atoms with Crippen molar-refractivity contribution in [3.8, 4) is 5.75 Å². The molecule has 1 unspecified atom stereocenters. The first-order valence-electron chi connectivity index (χ1n) is 11.3. The fourth-order valence-corrected chi connectivity index (χ4v) is 4.10. The largest absolute Gasteiger partial charge is 0.872 e. The van der Waals surface area contributed by atoms with E-state index in [4.69, 9.17) is 4.74 Å². The van der Waals surface area contributed by atoms with E-state index in [0.29, 0.717) is 31.0 Å². The number of carbonyl (C=O) groups excluding carboxylic acids is 2. The molecule has 170 valence electrons. The Balaban J connectivity index is 2.06. The Morgan fingerprint density at radius 1 is 1.00 bits per heavy atom. The third kappa shape index (κ3) is 4.86. The number of rotatable bonds is 9. The number of carbonyl (C=O) groups is 2. The zero-order chi connectivity index (χ0) is 23.3. The summed E-state index contributed by atoms with van der Waals surface area (Å²) in [4.78, 5) is 29.0. The number of amides is 1. The topological polar surface area (TPSA) is 74.1 Å². The predicted octanol–water partition coefficient (Wildman–Crippen LogP) is 1.54. The van der Waals surface area contributed by atoms with Gasteiger partial charge in [-0.1, -0.05) is 47.7 Å². The third-order valence-electron chi connectivity index (χ3n) is 6.06. The van der Waals surface area contributed by atoms with Gasteiger partial charge in [0.25, 0.3) is 5.91 Å². The average molecular weight is 437 g/mol. The van der Waals surface area contributed by atoms with Crippen LogP contribution < -0.4 is 14.7 Å². The molecule has 0 bridgehead atoms. The van der Waals surface area contributed by atoms with Crippen molar-refractivity contribution >= 4 is 17.4 Å². The van der Waals surface area contributed by atoms with E-state index < -0.39 is 17.7 Å². The monoisotopic (exact) mass is 436 g/mol. The fraction of sp³-hybridized carbons (Fsp3) is 0.385. The molecule has 2 aromatic carbocycles. The number of hydrogen-bond donors (Lipinski definition) is 1. The Labute approximate surface area is 190 Å². The molecule has 2 aromatic rings. The highest BCUT2D eigenvalue weighted by molar-refractivity contribution is 6.46. The lowest BCUT2D eigenvalue weighted by molar-refractivity contribution is -0.895. The standard InChI is InChI=1S/C26H32N2O4/c1-5-27(6-2)16-17-28-23(19-12-14-21(15-13-19)32-7-3)22(25(30)26(28)31)24(29)20-10-8-18(4)9-11-20/h8-15,23,29H,5-7,16-17H2,1-4H3/b24-22+. The molecule has 0 saturated carbocycles. The molecule has 1 saturated heterocycles. The first kappa shape index (κ1) is 23.5. The van der Waals surface area contributed by atoms with E-state index >= 15 is 0 Å². The quantitative estimate of drug-likeness (QED) is 0.368. The number of hydrogen-bond acceptors (Lipinski definition) is 4. The zero-order valence-electron chi connectivity index (χ0n) is 19.3. The molecule has 32 heavy (non-hydrogen) atoms. The maximum atomic E-state index is 13.4. The summed E-state index contributed by atoms with van der Waals surface area (Å²) in [5.74, 6) is -0.993. The summed E-state index contributed by atoms with van der Waals surface area (Å²) < 4.78 is 5.53. The first-order chi connectivity index (χ1) is 15.4. The van der Waals surface area contributed by atoms with Gasteiger partial charge in [-0.3, -0.25) is 9.59 Å². The van der Waals surface area contributed by atoms with Crippen LogP contribution in [0.3, 0.4) is 0 Å². The van der Waals surface area contributed by atoms with Gasteiger partial charge in [0, 0.05) is 5.57 Å². The van der Waals surface area contributed by atoms with Gasteiger partial charge in [-0.25, -0.2) is 0 Å². The van der Waals surface area contributed by atoms with Crippen molar-refractivity contribution < 1.29 is 24.3 Å². The van der Waals surface area contributed by atoms with Crippen LogP contribution in [-0.2, 0) is 9.59 Å². The molecule has 6 nitrogen and oxygen atoms in total. The van der Waals surface area contributed by atoms with Crippen molar-refractivity contribution in [2.45, 2.75) is 33.7 Å². The minimum absolute atomic E-state index is 0.0255. The van der Waals surface area contributed by atoms with Gasteiger partial charge in [0.05, 0.1) is 38.8 Å². The van der Waals surface area contributed by atoms with Crippen LogP contribution in [0.4, 0.5) is 0 Å². The number of aryl methyl sites for hydroxylation is 1. The average Bonchev–Trinajstić information content (AvgIpc) is 3.05. The Morgan fingerprint density at radius 3 is 2.19 bits per heavy atom. The molecule has 0 aromatic heterocycles. The summed E-state index contributed by atoms with van der Waals surface area (Å²) in [5.41, 5.74) is 2.20. The van der Waals surface area contributed by atoms with E-state index in [9.17, 15) is 14.7 Å². The van der Waals surface area contributed by atoms with Gasteiger partial charge >= 0.3 is 0 Å². The predicted molar refractivity (Wildman–Crippen MR) is 122 cm³/mol. The van der Waals surface area contributed by atoms with Crippen LogP contribution in [0.25, 0.3) is 5.76 Å². The van der Waals surface area contributed by atoms with Crippen molar-refractivity contribution in [1.82, 2.24) is 4.90 Å². The molecule has 6 heteroatoms. The Hall–Kier alpha value is -3.12. The lowest BCUT2D eigenvalue weighted by atomic mass is 9.95. The highest BCUT2D eigenvalue weighted by Gasteiger charge is 2.44. The maximum Gasteiger partial charge on any atom is 0.295 e. The number of quaternary nitrogens is 1. The van der Waals surface area contributed by atoms with Crippen molar-refractivity contribution in [2.75, 3.05) is 32.8 Å². The number of benzene rings is 2. The third-order valence-corrected chi connectivity index (χ3v) is 6.06. The van der Waals surface area contributed by atoms with Gasteiger partial charge in [-0.05, 0) is 51.0 Å². The molecule has 0 radical (unpaired) electrons. The number of likely N-dealkylation sites (N-methyl/N-ethyl adjacent to an activating group) is 1. The molecule has 1 N–H and O–H groups in total.